The van der Waals surface area contributed by atoms with Crippen LogP contribution in [0.3, 0.4) is 0 Å². The van der Waals surface area contributed by atoms with Crippen LogP contribution >= 0.6 is 0 Å². The van der Waals surface area contributed by atoms with Gasteiger partial charge in [-0.25, -0.2) is 0 Å². The first-order valence-corrected chi connectivity index (χ1v) is 7.62. The third-order valence-corrected chi connectivity index (χ3v) is 5.58. The van der Waals surface area contributed by atoms with Crippen molar-refractivity contribution in [2.24, 2.45) is 5.89 Å². The van der Waals surface area contributed by atoms with E-state index in [-0.39, 0.29) is 13.0 Å². The Bertz CT molecular complexity index is 873. The Hall–Kier alpha value is -1.52. The lowest BCUT2D eigenvalue weighted by Gasteiger charge is -2.56. The van der Waals surface area contributed by atoms with Crippen molar-refractivity contribution in [2.45, 2.75) is 36.5 Å². The van der Waals surface area contributed by atoms with Crippen molar-refractivity contribution in [1.82, 2.24) is 4.90 Å². The summed E-state index contributed by atoms with van der Waals surface area (Å²) in [5.74, 6) is -0.521. The van der Waals surface area contributed by atoms with E-state index in [2.05, 4.69) is 0 Å². The highest BCUT2D eigenvalue weighted by Crippen LogP contribution is 2.62. The van der Waals surface area contributed by atoms with Gasteiger partial charge in [0.25, 0.3) is 0 Å². The molecule has 4 nitrogen and oxygen atoms in total. The Labute approximate surface area is 137 Å². The number of likely N-dealkylation sites (tertiary alicyclic amines) is 1. The average Bonchev–Trinajstić information content (AvgIpc) is 2.93. The van der Waals surface area contributed by atoms with E-state index in [0.29, 0.717) is 17.9 Å². The number of methoxy groups -OCH3 is 1. The predicted molar refractivity (Wildman–Crippen MR) is 82.5 cm³/mol. The van der Waals surface area contributed by atoms with Gasteiger partial charge < -0.3 is 19.5 Å². The van der Waals surface area contributed by atoms with Crippen molar-refractivity contribution in [3.05, 3.63) is 35.4 Å². The van der Waals surface area contributed by atoms with E-state index in [0.717, 1.165) is 11.1 Å². The molecule has 5 atom stereocenters. The lowest BCUT2D eigenvalue weighted by Crippen LogP contribution is -2.64. The first kappa shape index (κ1) is 8.94. The van der Waals surface area contributed by atoms with Gasteiger partial charge in [0.1, 0.15) is 12.2 Å². The lowest BCUT2D eigenvalue weighted by atomic mass is 9.53. The average molecular weight is 304 g/mol. The maximum absolute atomic E-state index is 10.7. The molecule has 2 heterocycles. The number of aliphatic hydroxyl groups excluding tert-OH is 1. The Morgan fingerprint density at radius 1 is 1.50 bits per heavy atom. The van der Waals surface area contributed by atoms with Crippen molar-refractivity contribution >= 4 is 0 Å². The summed E-state index contributed by atoms with van der Waals surface area (Å²) in [5, 5.41) is 10.7. The van der Waals surface area contributed by atoms with Gasteiger partial charge in [0.05, 0.1) is 7.11 Å². The van der Waals surface area contributed by atoms with E-state index in [1.54, 1.807) is 13.2 Å². The number of ether oxygens (including phenoxy) is 2. The van der Waals surface area contributed by atoms with Crippen LogP contribution in [0.15, 0.2) is 24.3 Å². The molecule has 1 fully saturated rings. The van der Waals surface area contributed by atoms with Crippen LogP contribution in [0.25, 0.3) is 0 Å². The van der Waals surface area contributed by atoms with E-state index >= 15 is 0 Å². The summed E-state index contributed by atoms with van der Waals surface area (Å²) in [5.41, 5.74) is 0.614. The minimum atomic E-state index is -2.48. The van der Waals surface area contributed by atoms with Gasteiger partial charge in [0, 0.05) is 29.7 Å². The van der Waals surface area contributed by atoms with Gasteiger partial charge in [-0.05, 0) is 38.0 Å². The van der Waals surface area contributed by atoms with E-state index < -0.39 is 36.5 Å². The summed E-state index contributed by atoms with van der Waals surface area (Å²) < 4.78 is 54.1. The molecule has 1 saturated heterocycles. The molecule has 1 aromatic rings. The summed E-state index contributed by atoms with van der Waals surface area (Å²) in [6.45, 7) is -2.35. The van der Waals surface area contributed by atoms with Gasteiger partial charge in [-0.2, -0.15) is 0 Å². The molecule has 4 heteroatoms. The number of hydrogen-bond acceptors (Lipinski definition) is 4. The number of aliphatic hydroxyl groups is 1. The zero-order valence-electron chi connectivity index (χ0n) is 17.3. The summed E-state index contributed by atoms with van der Waals surface area (Å²) >= 11 is 0. The number of benzene rings is 1. The van der Waals surface area contributed by atoms with Gasteiger partial charge in [-0.3, -0.25) is 0 Å². The Kier molecular flexibility index (Phi) is 1.65. The topological polar surface area (TPSA) is 41.9 Å². The first-order chi connectivity index (χ1) is 12.6. The van der Waals surface area contributed by atoms with E-state index in [9.17, 15) is 7.85 Å². The van der Waals surface area contributed by atoms with Gasteiger partial charge in [0.15, 0.2) is 11.5 Å². The van der Waals surface area contributed by atoms with Crippen molar-refractivity contribution in [1.29, 1.82) is 0 Å². The van der Waals surface area contributed by atoms with E-state index in [4.69, 9.17) is 13.6 Å². The quantitative estimate of drug-likeness (QED) is 0.799. The number of hydrogen-bond donors (Lipinski definition) is 1. The summed E-state index contributed by atoms with van der Waals surface area (Å²) in [6, 6.07) is 1.89. The first-order valence-electron chi connectivity index (χ1n) is 10.1. The van der Waals surface area contributed by atoms with Crippen LogP contribution in [-0.4, -0.2) is 48.9 Å². The number of nitrogens with zero attached hydrogens (tertiary/aromatic N) is 1. The molecule has 22 heavy (non-hydrogen) atoms. The largest absolute Gasteiger partial charge is 0.493 e. The Morgan fingerprint density at radius 3 is 3.23 bits per heavy atom. The fraction of sp³-hybridized carbons (Fsp3) is 0.556. The maximum Gasteiger partial charge on any atom is 0.165 e. The Balaban J connectivity index is 1.86. The summed E-state index contributed by atoms with van der Waals surface area (Å²) in [4.78, 5) is 1.17. The van der Waals surface area contributed by atoms with Crippen molar-refractivity contribution < 1.29 is 21.4 Å². The maximum atomic E-state index is 10.7. The number of rotatable bonds is 1. The molecular formula is C18H21NO3. The summed E-state index contributed by atoms with van der Waals surface area (Å²) in [7, 11) is 1.54. The van der Waals surface area contributed by atoms with Crippen LogP contribution in [0.2, 0.25) is 0 Å². The van der Waals surface area contributed by atoms with Crippen LogP contribution in [0.5, 0.6) is 11.5 Å². The zero-order chi connectivity index (χ0) is 19.4. The highest BCUT2D eigenvalue weighted by Gasteiger charge is 2.64. The van der Waals surface area contributed by atoms with E-state index in [1.165, 1.54) is 17.1 Å². The molecule has 4 aliphatic rings. The monoisotopic (exact) mass is 304 g/mol. The van der Waals surface area contributed by atoms with Crippen molar-refractivity contribution in [3.63, 3.8) is 0 Å². The standard InChI is InChI=1S/C18H21NO3/c1-19-8-7-18-11-4-5-13(20)17(18)22-16-14(21-2)6-3-10(15(16)18)9-12(11)19/h3-6,11-13,17,20H,7-9H2,1-2H3/t11-,12+,13?,17?,18-/m0/s1/i1D3,11D,12D. The molecule has 2 aliphatic heterocycles. The molecule has 2 aliphatic carbocycles. The molecule has 116 valence electrons. The van der Waals surface area contributed by atoms with Crippen molar-refractivity contribution in [2.75, 3.05) is 20.6 Å². The SMILES string of the molecule is [2H]C([2H])([2H])N1CC[C@]23c4c5ccc(OC)c4OC2C(O)C=C[C@@]3([2H])[C@@]1([2H])C5. The normalized spacial score (nSPS) is 51.6. The van der Waals surface area contributed by atoms with Gasteiger partial charge in [-0.1, -0.05) is 18.2 Å². The molecule has 0 saturated carbocycles. The third kappa shape index (κ3) is 1.28. The minimum Gasteiger partial charge on any atom is -0.493 e. The van der Waals surface area contributed by atoms with Gasteiger partial charge in [0.2, 0.25) is 0 Å². The third-order valence-electron chi connectivity index (χ3n) is 5.58. The molecule has 2 bridgehead atoms. The second-order valence-electron chi connectivity index (χ2n) is 6.43. The van der Waals surface area contributed by atoms with Crippen LogP contribution in [-0.2, 0) is 11.8 Å². The molecular weight excluding hydrogens is 278 g/mol. The van der Waals surface area contributed by atoms with Crippen LogP contribution in [0, 0.1) is 5.89 Å². The fourth-order valence-electron chi connectivity index (χ4n) is 4.68. The molecule has 1 spiro atoms. The van der Waals surface area contributed by atoms with Gasteiger partial charge in [-0.15, -0.1) is 0 Å². The van der Waals surface area contributed by atoms with Crippen molar-refractivity contribution in [3.8, 4) is 11.5 Å². The van der Waals surface area contributed by atoms with Crippen LogP contribution < -0.4 is 9.47 Å². The number of piperidine rings is 1. The molecule has 0 amide bonds. The fourth-order valence-corrected chi connectivity index (χ4v) is 4.68. The Morgan fingerprint density at radius 2 is 2.41 bits per heavy atom. The molecule has 1 aromatic carbocycles. The minimum absolute atomic E-state index is 0.0967. The highest BCUT2D eigenvalue weighted by molar-refractivity contribution is 5.62. The molecule has 1 N–H and O–H groups in total. The molecule has 5 rings (SSSR count). The van der Waals surface area contributed by atoms with Crippen LogP contribution in [0.1, 0.15) is 24.4 Å². The number of likely N-dealkylation sites (N-methyl/N-ethyl adjacent to an activating group) is 1. The smallest absolute Gasteiger partial charge is 0.165 e. The summed E-state index contributed by atoms with van der Waals surface area (Å²) in [6.07, 6.45) is 1.74. The highest BCUT2D eigenvalue weighted by atomic mass is 16.5. The second-order valence-corrected chi connectivity index (χ2v) is 6.43. The predicted octanol–water partition coefficient (Wildman–Crippen LogP) is 1.50. The second kappa shape index (κ2) is 4.06. The molecule has 0 radical (unpaired) electrons. The molecule has 2 unspecified atom stereocenters. The molecule has 0 aromatic heterocycles. The zero-order valence-corrected chi connectivity index (χ0v) is 12.3. The lowest BCUT2D eigenvalue weighted by molar-refractivity contribution is -0.0453. The van der Waals surface area contributed by atoms with Gasteiger partial charge >= 0.3 is 0 Å². The van der Waals surface area contributed by atoms with Crippen LogP contribution in [0.4, 0.5) is 0 Å². The van der Waals surface area contributed by atoms with E-state index in [1.807, 2.05) is 6.07 Å².